The third-order valence-corrected chi connectivity index (χ3v) is 3.91. The van der Waals surface area contributed by atoms with Crippen molar-refractivity contribution in [2.24, 2.45) is 5.92 Å². The third kappa shape index (κ3) is 2.90. The molecule has 0 radical (unpaired) electrons. The third-order valence-electron chi connectivity index (χ3n) is 3.91. The molecule has 1 saturated heterocycles. The Labute approximate surface area is 132 Å². The van der Waals surface area contributed by atoms with Gasteiger partial charge in [-0.15, -0.1) is 0 Å². The fraction of sp³-hybridized carbons (Fsp3) is 0.167. The molecule has 2 atom stereocenters. The molecule has 1 aliphatic heterocycles. The number of halogens is 1. The minimum Gasteiger partial charge on any atom is -0.348 e. The molecular weight excluding hydrogens is 297 g/mol. The number of amides is 1. The average molecular weight is 311 g/mol. The first-order valence-corrected chi connectivity index (χ1v) is 7.24. The molecule has 2 unspecified atom stereocenters. The Balaban J connectivity index is 1.84. The van der Waals surface area contributed by atoms with Crippen molar-refractivity contribution in [3.05, 3.63) is 71.5 Å². The largest absolute Gasteiger partial charge is 0.348 e. The Bertz CT molecular complexity index is 755. The smallest absolute Gasteiger partial charge is 0.239 e. The van der Waals surface area contributed by atoms with E-state index in [0.29, 0.717) is 0 Å². The van der Waals surface area contributed by atoms with E-state index >= 15 is 0 Å². The van der Waals surface area contributed by atoms with Gasteiger partial charge >= 0.3 is 0 Å². The van der Waals surface area contributed by atoms with Gasteiger partial charge in [-0.3, -0.25) is 14.4 Å². The van der Waals surface area contributed by atoms with Crippen molar-refractivity contribution in [1.29, 1.82) is 0 Å². The fourth-order valence-corrected chi connectivity index (χ4v) is 2.74. The molecule has 0 saturated carbocycles. The van der Waals surface area contributed by atoms with E-state index in [2.05, 4.69) is 5.32 Å². The van der Waals surface area contributed by atoms with Crippen LogP contribution < -0.4 is 5.32 Å². The van der Waals surface area contributed by atoms with Gasteiger partial charge in [-0.1, -0.05) is 42.5 Å². The molecule has 0 bridgehead atoms. The average Bonchev–Trinajstić information content (AvgIpc) is 2.55. The Morgan fingerprint density at radius 3 is 2.30 bits per heavy atom. The predicted octanol–water partition coefficient (Wildman–Crippen LogP) is 2.45. The predicted molar refractivity (Wildman–Crippen MR) is 81.2 cm³/mol. The molecule has 3 rings (SSSR count). The van der Waals surface area contributed by atoms with Crippen LogP contribution in [0.25, 0.3) is 0 Å². The Morgan fingerprint density at radius 1 is 1.00 bits per heavy atom. The number of carbonyl (C=O) groups excluding carboxylic acids is 3. The summed E-state index contributed by atoms with van der Waals surface area (Å²) in [5.74, 6) is -4.17. The molecule has 1 aliphatic rings. The van der Waals surface area contributed by atoms with Gasteiger partial charge in [0.05, 0.1) is 11.6 Å². The second-order valence-corrected chi connectivity index (χ2v) is 5.42. The summed E-state index contributed by atoms with van der Waals surface area (Å²) >= 11 is 0. The Morgan fingerprint density at radius 2 is 1.65 bits per heavy atom. The highest BCUT2D eigenvalue weighted by Gasteiger charge is 2.41. The summed E-state index contributed by atoms with van der Waals surface area (Å²) in [7, 11) is 0. The second kappa shape index (κ2) is 6.12. The molecule has 1 N–H and O–H groups in total. The highest BCUT2D eigenvalue weighted by molar-refractivity contribution is 6.24. The minimum absolute atomic E-state index is 0.0145. The van der Waals surface area contributed by atoms with Crippen LogP contribution in [0.2, 0.25) is 0 Å². The van der Waals surface area contributed by atoms with Crippen LogP contribution in [0.4, 0.5) is 4.39 Å². The van der Waals surface area contributed by atoms with Crippen molar-refractivity contribution >= 4 is 17.5 Å². The van der Waals surface area contributed by atoms with E-state index in [1.807, 2.05) is 18.2 Å². The molecular formula is C18H14FNO3. The summed E-state index contributed by atoms with van der Waals surface area (Å²) in [5.41, 5.74) is 0.560. The number of rotatable bonds is 3. The SMILES string of the molecule is O=C1CC(c2ccccc2)NC(=O)C1C(=O)c1ccccc1F. The second-order valence-electron chi connectivity index (χ2n) is 5.42. The van der Waals surface area contributed by atoms with Gasteiger partial charge in [0.25, 0.3) is 0 Å². The van der Waals surface area contributed by atoms with Crippen molar-refractivity contribution in [1.82, 2.24) is 5.32 Å². The van der Waals surface area contributed by atoms with Crippen molar-refractivity contribution < 1.29 is 18.8 Å². The maximum absolute atomic E-state index is 13.7. The number of benzene rings is 2. The van der Waals surface area contributed by atoms with E-state index < -0.39 is 35.3 Å². The minimum atomic E-state index is -1.48. The lowest BCUT2D eigenvalue weighted by atomic mass is 9.84. The Kier molecular flexibility index (Phi) is 4.02. The van der Waals surface area contributed by atoms with E-state index in [-0.39, 0.29) is 12.0 Å². The van der Waals surface area contributed by atoms with Gasteiger partial charge in [0, 0.05) is 6.42 Å². The molecule has 4 nitrogen and oxygen atoms in total. The van der Waals surface area contributed by atoms with Gasteiger partial charge in [0.15, 0.2) is 17.5 Å². The first-order chi connectivity index (χ1) is 11.1. The van der Waals surface area contributed by atoms with Crippen LogP contribution >= 0.6 is 0 Å². The number of ketones is 2. The van der Waals surface area contributed by atoms with E-state index in [0.717, 1.165) is 11.6 Å². The lowest BCUT2D eigenvalue weighted by Gasteiger charge is -2.27. The molecule has 0 aliphatic carbocycles. The first kappa shape index (κ1) is 15.1. The van der Waals surface area contributed by atoms with E-state index in [9.17, 15) is 18.8 Å². The number of carbonyl (C=O) groups is 3. The van der Waals surface area contributed by atoms with Crippen molar-refractivity contribution in [2.75, 3.05) is 0 Å². The summed E-state index contributed by atoms with van der Waals surface area (Å²) in [6.45, 7) is 0. The Hall–Kier alpha value is -2.82. The summed E-state index contributed by atoms with van der Waals surface area (Å²) in [6.07, 6.45) is 0.0145. The van der Waals surface area contributed by atoms with Crippen LogP contribution in [0.15, 0.2) is 54.6 Å². The quantitative estimate of drug-likeness (QED) is 0.699. The fourth-order valence-electron chi connectivity index (χ4n) is 2.74. The zero-order valence-electron chi connectivity index (χ0n) is 12.2. The van der Waals surface area contributed by atoms with Crippen LogP contribution in [0.5, 0.6) is 0 Å². The summed E-state index contributed by atoms with van der Waals surface area (Å²) in [5, 5.41) is 2.68. The normalized spacial score (nSPS) is 20.9. The van der Waals surface area contributed by atoms with E-state index in [4.69, 9.17) is 0 Å². The van der Waals surface area contributed by atoms with Gasteiger partial charge in [-0.2, -0.15) is 0 Å². The highest BCUT2D eigenvalue weighted by atomic mass is 19.1. The lowest BCUT2D eigenvalue weighted by molar-refractivity contribution is -0.136. The summed E-state index contributed by atoms with van der Waals surface area (Å²) < 4.78 is 13.7. The number of piperidine rings is 1. The summed E-state index contributed by atoms with van der Waals surface area (Å²) in [6, 6.07) is 13.9. The molecule has 0 aromatic heterocycles. The maximum atomic E-state index is 13.7. The highest BCUT2D eigenvalue weighted by Crippen LogP contribution is 2.26. The molecule has 2 aromatic rings. The van der Waals surface area contributed by atoms with Crippen LogP contribution in [-0.2, 0) is 9.59 Å². The van der Waals surface area contributed by atoms with Crippen LogP contribution in [0.1, 0.15) is 28.4 Å². The number of nitrogens with one attached hydrogen (secondary N) is 1. The van der Waals surface area contributed by atoms with Crippen LogP contribution in [0.3, 0.4) is 0 Å². The van der Waals surface area contributed by atoms with Gasteiger partial charge in [-0.25, -0.2) is 4.39 Å². The topological polar surface area (TPSA) is 63.2 Å². The molecule has 1 amide bonds. The molecule has 1 heterocycles. The standard InChI is InChI=1S/C18H14FNO3/c19-13-9-5-4-8-12(13)17(22)16-15(21)10-14(20-18(16)23)11-6-2-1-3-7-11/h1-9,14,16H,10H2,(H,20,23). The molecule has 116 valence electrons. The van der Waals surface area contributed by atoms with Crippen LogP contribution in [-0.4, -0.2) is 17.5 Å². The maximum Gasteiger partial charge on any atom is 0.239 e. The van der Waals surface area contributed by atoms with Gasteiger partial charge < -0.3 is 5.32 Å². The zero-order chi connectivity index (χ0) is 16.4. The molecule has 2 aromatic carbocycles. The van der Waals surface area contributed by atoms with Gasteiger partial charge in [-0.05, 0) is 17.7 Å². The first-order valence-electron chi connectivity index (χ1n) is 7.24. The number of hydrogen-bond donors (Lipinski definition) is 1. The number of Topliss-reactive ketones (excluding diaryl/α,β-unsaturated/α-hetero) is 2. The van der Waals surface area contributed by atoms with Crippen molar-refractivity contribution in [3.8, 4) is 0 Å². The molecule has 0 spiro atoms. The summed E-state index contributed by atoms with van der Waals surface area (Å²) in [4.78, 5) is 36.9. The van der Waals surface area contributed by atoms with Gasteiger partial charge in [0.2, 0.25) is 5.91 Å². The van der Waals surface area contributed by atoms with Crippen molar-refractivity contribution in [2.45, 2.75) is 12.5 Å². The lowest BCUT2D eigenvalue weighted by Crippen LogP contribution is -2.48. The van der Waals surface area contributed by atoms with Crippen LogP contribution in [0, 0.1) is 11.7 Å². The van der Waals surface area contributed by atoms with Crippen molar-refractivity contribution in [3.63, 3.8) is 0 Å². The van der Waals surface area contributed by atoms with E-state index in [1.54, 1.807) is 12.1 Å². The number of hydrogen-bond acceptors (Lipinski definition) is 3. The molecule has 5 heteroatoms. The zero-order valence-corrected chi connectivity index (χ0v) is 12.2. The van der Waals surface area contributed by atoms with E-state index in [1.165, 1.54) is 18.2 Å². The molecule has 23 heavy (non-hydrogen) atoms. The monoisotopic (exact) mass is 311 g/mol. The molecule has 1 fully saturated rings. The van der Waals surface area contributed by atoms with Gasteiger partial charge in [0.1, 0.15) is 5.82 Å².